The minimum Gasteiger partial charge on any atom is -0.334 e. The van der Waals surface area contributed by atoms with Crippen LogP contribution in [0.15, 0.2) is 29.2 Å². The number of likely N-dealkylation sites (N-methyl/N-ethyl adjacent to an activating group) is 1. The highest BCUT2D eigenvalue weighted by Gasteiger charge is 2.36. The van der Waals surface area contributed by atoms with Gasteiger partial charge in [-0.25, -0.2) is 4.39 Å². The highest BCUT2D eigenvalue weighted by atomic mass is 32.2. The van der Waals surface area contributed by atoms with Crippen molar-refractivity contribution in [3.63, 3.8) is 0 Å². The second-order valence-corrected chi connectivity index (χ2v) is 6.84. The number of benzene rings is 1. The summed E-state index contributed by atoms with van der Waals surface area (Å²) < 4.78 is 13.7. The number of rotatable bonds is 4. The number of carbonyl (C=O) groups excluding carboxylic acids is 2. The van der Waals surface area contributed by atoms with Gasteiger partial charge in [0, 0.05) is 23.9 Å². The first-order valence-corrected chi connectivity index (χ1v) is 8.69. The van der Waals surface area contributed by atoms with Gasteiger partial charge >= 0.3 is 0 Å². The molecule has 2 heterocycles. The molecule has 1 N–H and O–H groups in total. The number of carbonyl (C=O) groups is 2. The Morgan fingerprint density at radius 1 is 1.43 bits per heavy atom. The van der Waals surface area contributed by atoms with Gasteiger partial charge in [-0.1, -0.05) is 12.1 Å². The van der Waals surface area contributed by atoms with E-state index in [0.717, 1.165) is 10.6 Å². The molecule has 124 valence electrons. The SMILES string of the molecule is CNC[C@@H]1C[C@H](F)CN1C(=O)CN1C(=O)CSc2ccccc21. The molecule has 7 heteroatoms. The Hall–Kier alpha value is -1.60. The quantitative estimate of drug-likeness (QED) is 0.899. The third-order valence-electron chi connectivity index (χ3n) is 4.23. The summed E-state index contributed by atoms with van der Waals surface area (Å²) in [5.41, 5.74) is 0.767. The maximum atomic E-state index is 13.7. The molecule has 2 atom stereocenters. The average molecular weight is 337 g/mol. The maximum absolute atomic E-state index is 13.7. The molecule has 0 bridgehead atoms. The molecule has 0 aromatic heterocycles. The van der Waals surface area contributed by atoms with E-state index in [1.807, 2.05) is 24.3 Å². The Morgan fingerprint density at radius 3 is 3.00 bits per heavy atom. The molecule has 3 rings (SSSR count). The zero-order valence-corrected chi connectivity index (χ0v) is 13.8. The molecule has 1 aromatic carbocycles. The molecule has 5 nitrogen and oxygen atoms in total. The predicted molar refractivity (Wildman–Crippen MR) is 88.5 cm³/mol. The number of alkyl halides is 1. The van der Waals surface area contributed by atoms with Crippen molar-refractivity contribution >= 4 is 29.3 Å². The molecular weight excluding hydrogens is 317 g/mol. The van der Waals surface area contributed by atoms with Gasteiger partial charge in [-0.05, 0) is 19.2 Å². The fourth-order valence-electron chi connectivity index (χ4n) is 3.15. The summed E-state index contributed by atoms with van der Waals surface area (Å²) in [5.74, 6) is 0.0550. The molecule has 0 spiro atoms. The number of hydrogen-bond donors (Lipinski definition) is 1. The molecule has 2 amide bonds. The standard InChI is InChI=1S/C16H20FN3O2S/c1-18-7-12-6-11(17)8-19(12)15(21)9-20-13-4-2-3-5-14(13)23-10-16(20)22/h2-5,11-12,18H,6-10H2,1H3/t11-,12-/m0/s1. The smallest absolute Gasteiger partial charge is 0.243 e. The fourth-order valence-corrected chi connectivity index (χ4v) is 4.08. The Labute approximate surface area is 139 Å². The van der Waals surface area contributed by atoms with Crippen LogP contribution in [0.5, 0.6) is 0 Å². The minimum absolute atomic E-state index is 0.0245. The number of thioether (sulfide) groups is 1. The monoisotopic (exact) mass is 337 g/mol. The molecular formula is C16H20FN3O2S. The van der Waals surface area contributed by atoms with E-state index in [1.54, 1.807) is 11.9 Å². The second-order valence-electron chi connectivity index (χ2n) is 5.83. The van der Waals surface area contributed by atoms with E-state index < -0.39 is 6.17 Å². The average Bonchev–Trinajstić information content (AvgIpc) is 2.91. The first-order valence-electron chi connectivity index (χ1n) is 7.70. The normalized spacial score (nSPS) is 24.0. The molecule has 0 saturated carbocycles. The number of nitrogens with zero attached hydrogens (tertiary/aromatic N) is 2. The molecule has 1 saturated heterocycles. The molecule has 1 fully saturated rings. The summed E-state index contributed by atoms with van der Waals surface area (Å²) in [4.78, 5) is 28.9. The van der Waals surface area contributed by atoms with Crippen LogP contribution in [-0.2, 0) is 9.59 Å². The molecule has 0 aliphatic carbocycles. The van der Waals surface area contributed by atoms with Gasteiger partial charge < -0.3 is 15.1 Å². The number of fused-ring (bicyclic) bond motifs is 1. The largest absolute Gasteiger partial charge is 0.334 e. The van der Waals surface area contributed by atoms with Crippen LogP contribution >= 0.6 is 11.8 Å². The highest BCUT2D eigenvalue weighted by Crippen LogP contribution is 2.35. The van der Waals surface area contributed by atoms with Crippen LogP contribution in [0.25, 0.3) is 0 Å². The van der Waals surface area contributed by atoms with Gasteiger partial charge in [0.05, 0.1) is 18.0 Å². The molecule has 2 aliphatic heterocycles. The van der Waals surface area contributed by atoms with Crippen molar-refractivity contribution in [1.29, 1.82) is 0 Å². The van der Waals surface area contributed by atoms with Gasteiger partial charge in [-0.2, -0.15) is 0 Å². The lowest BCUT2D eigenvalue weighted by Crippen LogP contribution is -2.48. The first-order chi connectivity index (χ1) is 11.1. The number of amides is 2. The predicted octanol–water partition coefficient (Wildman–Crippen LogP) is 1.28. The zero-order chi connectivity index (χ0) is 16.4. The van der Waals surface area contributed by atoms with Crippen molar-refractivity contribution in [2.24, 2.45) is 0 Å². The van der Waals surface area contributed by atoms with Crippen LogP contribution in [0.2, 0.25) is 0 Å². The van der Waals surface area contributed by atoms with Crippen LogP contribution < -0.4 is 10.2 Å². The van der Waals surface area contributed by atoms with E-state index in [9.17, 15) is 14.0 Å². The van der Waals surface area contributed by atoms with Crippen LogP contribution in [0, 0.1) is 0 Å². The lowest BCUT2D eigenvalue weighted by atomic mass is 10.2. The van der Waals surface area contributed by atoms with E-state index in [1.165, 1.54) is 16.7 Å². The van der Waals surface area contributed by atoms with Gasteiger partial charge in [-0.15, -0.1) is 11.8 Å². The summed E-state index contributed by atoms with van der Waals surface area (Å²) in [6, 6.07) is 7.42. The number of halogens is 1. The van der Waals surface area contributed by atoms with Gasteiger partial charge in [0.25, 0.3) is 0 Å². The Kier molecular flexibility index (Phi) is 4.87. The van der Waals surface area contributed by atoms with Crippen molar-refractivity contribution in [1.82, 2.24) is 10.2 Å². The summed E-state index contributed by atoms with van der Waals surface area (Å²) >= 11 is 1.48. The Morgan fingerprint density at radius 2 is 2.22 bits per heavy atom. The summed E-state index contributed by atoms with van der Waals surface area (Å²) in [7, 11) is 1.79. The maximum Gasteiger partial charge on any atom is 0.243 e. The van der Waals surface area contributed by atoms with Crippen molar-refractivity contribution in [2.75, 3.05) is 37.3 Å². The van der Waals surface area contributed by atoms with Gasteiger partial charge in [0.2, 0.25) is 11.8 Å². The molecule has 23 heavy (non-hydrogen) atoms. The third-order valence-corrected chi connectivity index (χ3v) is 5.27. The lowest BCUT2D eigenvalue weighted by Gasteiger charge is -2.31. The van der Waals surface area contributed by atoms with E-state index in [0.29, 0.717) is 18.7 Å². The zero-order valence-electron chi connectivity index (χ0n) is 13.0. The number of hydrogen-bond acceptors (Lipinski definition) is 4. The summed E-state index contributed by atoms with van der Waals surface area (Å²) in [6.07, 6.45) is -0.635. The van der Waals surface area contributed by atoms with Crippen molar-refractivity contribution in [3.05, 3.63) is 24.3 Å². The molecule has 0 radical (unpaired) electrons. The number of likely N-dealkylation sites (tertiary alicyclic amines) is 1. The van der Waals surface area contributed by atoms with Gasteiger partial charge in [0.15, 0.2) is 0 Å². The molecule has 2 aliphatic rings. The highest BCUT2D eigenvalue weighted by molar-refractivity contribution is 8.00. The number of anilines is 1. The van der Waals surface area contributed by atoms with Crippen LogP contribution in [0.4, 0.5) is 10.1 Å². The van der Waals surface area contributed by atoms with E-state index in [-0.39, 0.29) is 30.9 Å². The van der Waals surface area contributed by atoms with Crippen LogP contribution in [0.3, 0.4) is 0 Å². The van der Waals surface area contributed by atoms with Crippen molar-refractivity contribution in [3.8, 4) is 0 Å². The lowest BCUT2D eigenvalue weighted by molar-refractivity contribution is -0.132. The Bertz CT molecular complexity index is 613. The van der Waals surface area contributed by atoms with E-state index in [4.69, 9.17) is 0 Å². The summed E-state index contributed by atoms with van der Waals surface area (Å²) in [6.45, 7) is 0.652. The van der Waals surface area contributed by atoms with Gasteiger partial charge in [0.1, 0.15) is 12.7 Å². The van der Waals surface area contributed by atoms with Crippen LogP contribution in [0.1, 0.15) is 6.42 Å². The molecule has 0 unspecified atom stereocenters. The fraction of sp³-hybridized carbons (Fsp3) is 0.500. The first kappa shape index (κ1) is 16.3. The number of para-hydroxylation sites is 1. The molecule has 1 aromatic rings. The summed E-state index contributed by atoms with van der Waals surface area (Å²) in [5, 5.41) is 3.00. The third kappa shape index (κ3) is 3.35. The van der Waals surface area contributed by atoms with Gasteiger partial charge in [-0.3, -0.25) is 9.59 Å². The van der Waals surface area contributed by atoms with Crippen LogP contribution in [-0.4, -0.2) is 61.4 Å². The second kappa shape index (κ2) is 6.88. The minimum atomic E-state index is -0.989. The Balaban J connectivity index is 1.76. The van der Waals surface area contributed by atoms with Crippen molar-refractivity contribution < 1.29 is 14.0 Å². The topological polar surface area (TPSA) is 52.7 Å². The van der Waals surface area contributed by atoms with E-state index >= 15 is 0 Å². The number of nitrogens with one attached hydrogen (secondary N) is 1. The van der Waals surface area contributed by atoms with Crippen molar-refractivity contribution in [2.45, 2.75) is 23.5 Å². The van der Waals surface area contributed by atoms with E-state index in [2.05, 4.69) is 5.32 Å².